The number of hydrogen-bond donors (Lipinski definition) is 0. The Kier molecular flexibility index (Phi) is 14.7. The Morgan fingerprint density at radius 2 is 0.959 bits per heavy atom. The molecule has 49 heavy (non-hydrogen) atoms. The second-order valence-corrected chi connectivity index (χ2v) is 14.5. The molecular weight excluding hydrogens is 639 g/mol. The van der Waals surface area contributed by atoms with Gasteiger partial charge in [-0.1, -0.05) is 122 Å². The van der Waals surface area contributed by atoms with Gasteiger partial charge in [-0.05, 0) is 129 Å². The number of benzene rings is 2. The molecule has 0 N–H and O–H groups in total. The number of aryl methyl sites for hydroxylation is 2. The van der Waals surface area contributed by atoms with Crippen LogP contribution in [0.4, 0.5) is 0 Å². The van der Waals surface area contributed by atoms with E-state index in [0.717, 1.165) is 11.1 Å². The lowest BCUT2D eigenvalue weighted by molar-refractivity contribution is 0.384. The molecule has 2 aromatic carbocycles. The largest absolute Gasteiger partial charge is 0.243 e. The second-order valence-electron chi connectivity index (χ2n) is 13.7. The molecule has 0 atom stereocenters. The molecule has 2 nitrogen and oxygen atoms in total. The van der Waals surface area contributed by atoms with Crippen molar-refractivity contribution in [3.05, 3.63) is 129 Å². The molecule has 0 radical (unpaired) electrons. The molecule has 0 saturated heterocycles. The number of hydrogen-bond acceptors (Lipinski definition) is 2. The molecule has 0 aliphatic heterocycles. The van der Waals surface area contributed by atoms with Crippen LogP contribution in [-0.4, -0.2) is 9.97 Å². The van der Waals surface area contributed by atoms with Gasteiger partial charge in [0.05, 0.1) is 0 Å². The van der Waals surface area contributed by atoms with Crippen molar-refractivity contribution in [2.24, 2.45) is 11.8 Å². The normalized spacial score (nSPS) is 20.1. The van der Waals surface area contributed by atoms with E-state index in [2.05, 4.69) is 96.0 Å². The van der Waals surface area contributed by atoms with Gasteiger partial charge in [-0.25, -0.2) is 9.97 Å². The minimum Gasteiger partial charge on any atom is -0.243 e. The van der Waals surface area contributed by atoms with Gasteiger partial charge in [-0.15, -0.1) is 0 Å². The highest BCUT2D eigenvalue weighted by atomic mass is 35.5. The van der Waals surface area contributed by atoms with Crippen molar-refractivity contribution in [1.29, 1.82) is 0 Å². The van der Waals surface area contributed by atoms with Gasteiger partial charge in [0.2, 0.25) is 0 Å². The lowest BCUT2D eigenvalue weighted by Gasteiger charge is -2.26. The fourth-order valence-electron chi connectivity index (χ4n) is 6.99. The molecule has 6 rings (SSSR count). The average Bonchev–Trinajstić information content (AvgIpc) is 3.15. The summed E-state index contributed by atoms with van der Waals surface area (Å²) < 4.78 is 0. The lowest BCUT2D eigenvalue weighted by Crippen LogP contribution is -2.12. The number of rotatable bonds is 7. The van der Waals surface area contributed by atoms with Crippen molar-refractivity contribution in [2.75, 3.05) is 0 Å². The van der Waals surface area contributed by atoms with E-state index in [4.69, 9.17) is 23.2 Å². The smallest absolute Gasteiger partial charge is 0.129 e. The van der Waals surface area contributed by atoms with Crippen LogP contribution in [-0.2, 0) is 12.8 Å². The van der Waals surface area contributed by atoms with Crippen molar-refractivity contribution in [3.63, 3.8) is 0 Å². The van der Waals surface area contributed by atoms with Crippen LogP contribution < -0.4 is 0 Å². The molecule has 0 unspecified atom stereocenters. The van der Waals surface area contributed by atoms with Crippen LogP contribution in [0, 0.1) is 35.5 Å². The average molecular weight is 690 g/mol. The van der Waals surface area contributed by atoms with Gasteiger partial charge in [0, 0.05) is 35.4 Å². The second kappa shape index (κ2) is 19.6. The Bertz CT molecular complexity index is 1670. The predicted molar refractivity (Wildman–Crippen MR) is 207 cm³/mol. The lowest BCUT2D eigenvalue weighted by atomic mass is 9.79. The van der Waals surface area contributed by atoms with E-state index in [1.807, 2.05) is 12.1 Å². The Labute approximate surface area is 305 Å². The van der Waals surface area contributed by atoms with Gasteiger partial charge in [-0.3, -0.25) is 0 Å². The Hall–Kier alpha value is -3.56. The zero-order valence-electron chi connectivity index (χ0n) is 29.2. The first-order valence-corrected chi connectivity index (χ1v) is 19.2. The molecule has 0 spiro atoms. The standard InChI is InChI=1S/C23H26ClN.C22H24ClN/c1-2-3-4-18-7-12-21(13-8-18)22-14-9-19(10-15-22)5-6-20-11-16-23(24)25-17-20;1-2-3-17-6-11-20(12-7-17)21-13-8-18(9-14-21)4-5-19-10-15-22(23)24-16-19/h7-8,11-13,16-17,19,22H,2-4,9-10,14-15H2,1H3;6-7,10-12,15-16,18,21H,2-3,8-9,13-14H2,1H3/t19-,22-;18-,21-. The van der Waals surface area contributed by atoms with Crippen molar-refractivity contribution < 1.29 is 0 Å². The van der Waals surface area contributed by atoms with Gasteiger partial charge in [0.1, 0.15) is 10.3 Å². The highest BCUT2D eigenvalue weighted by Crippen LogP contribution is 2.37. The Balaban J connectivity index is 0.000000191. The van der Waals surface area contributed by atoms with E-state index in [9.17, 15) is 0 Å². The zero-order valence-corrected chi connectivity index (χ0v) is 30.7. The summed E-state index contributed by atoms with van der Waals surface area (Å²) in [6.07, 6.45) is 19.4. The highest BCUT2D eigenvalue weighted by molar-refractivity contribution is 6.29. The third kappa shape index (κ3) is 12.1. The topological polar surface area (TPSA) is 25.8 Å². The summed E-state index contributed by atoms with van der Waals surface area (Å²) in [5.41, 5.74) is 7.85. The SMILES string of the molecule is CCCCc1ccc([C@H]2CC[C@H](C#Cc3ccc(Cl)nc3)CC2)cc1.CCCc1ccc([C@H]2CC[C@H](C#Cc3ccc(Cl)nc3)CC2)cc1. The summed E-state index contributed by atoms with van der Waals surface area (Å²) in [6.45, 7) is 4.48. The Morgan fingerprint density at radius 3 is 1.33 bits per heavy atom. The van der Waals surface area contributed by atoms with Crippen molar-refractivity contribution in [1.82, 2.24) is 9.97 Å². The van der Waals surface area contributed by atoms with Crippen LogP contribution in [0.2, 0.25) is 10.3 Å². The number of aromatic nitrogens is 2. The molecule has 2 fully saturated rings. The molecule has 0 amide bonds. The fourth-order valence-corrected chi connectivity index (χ4v) is 7.22. The van der Waals surface area contributed by atoms with E-state index in [-0.39, 0.29) is 0 Å². The summed E-state index contributed by atoms with van der Waals surface area (Å²) in [5.74, 6) is 15.8. The zero-order chi connectivity index (χ0) is 34.3. The molecule has 2 aliphatic carbocycles. The van der Waals surface area contributed by atoms with Crippen molar-refractivity contribution >= 4 is 23.2 Å². The van der Waals surface area contributed by atoms with Crippen LogP contribution in [0.3, 0.4) is 0 Å². The molecule has 2 heterocycles. The first-order chi connectivity index (χ1) is 24.0. The summed E-state index contributed by atoms with van der Waals surface area (Å²) in [5, 5.41) is 1.04. The van der Waals surface area contributed by atoms with Gasteiger partial charge >= 0.3 is 0 Å². The first-order valence-electron chi connectivity index (χ1n) is 18.4. The third-order valence-corrected chi connectivity index (χ3v) is 10.5. The van der Waals surface area contributed by atoms with E-state index < -0.39 is 0 Å². The van der Waals surface area contributed by atoms with Crippen molar-refractivity contribution in [3.8, 4) is 23.7 Å². The van der Waals surface area contributed by atoms with Crippen LogP contribution in [0.25, 0.3) is 0 Å². The molecule has 2 aromatic heterocycles. The van der Waals surface area contributed by atoms with E-state index >= 15 is 0 Å². The van der Waals surface area contributed by atoms with Crippen LogP contribution >= 0.6 is 23.2 Å². The van der Waals surface area contributed by atoms with Gasteiger partial charge in [0.15, 0.2) is 0 Å². The fraction of sp³-hybridized carbons (Fsp3) is 0.422. The minimum atomic E-state index is 0.510. The number of halogens is 2. The van der Waals surface area contributed by atoms with Crippen LogP contribution in [0.1, 0.15) is 130 Å². The van der Waals surface area contributed by atoms with Gasteiger partial charge in [0.25, 0.3) is 0 Å². The molecule has 254 valence electrons. The number of unbranched alkanes of at least 4 members (excludes halogenated alkanes) is 1. The Morgan fingerprint density at radius 1 is 0.531 bits per heavy atom. The van der Waals surface area contributed by atoms with Crippen LogP contribution in [0.5, 0.6) is 0 Å². The number of nitrogens with zero attached hydrogens (tertiary/aromatic N) is 2. The van der Waals surface area contributed by atoms with E-state index in [0.29, 0.717) is 34.0 Å². The highest BCUT2D eigenvalue weighted by Gasteiger charge is 2.22. The minimum absolute atomic E-state index is 0.510. The maximum Gasteiger partial charge on any atom is 0.129 e. The van der Waals surface area contributed by atoms with E-state index in [1.165, 1.54) is 106 Å². The molecule has 0 bridgehead atoms. The molecular formula is C45H50Cl2N2. The molecule has 2 saturated carbocycles. The summed E-state index contributed by atoms with van der Waals surface area (Å²) in [4.78, 5) is 8.16. The quantitative estimate of drug-likeness (QED) is 0.143. The van der Waals surface area contributed by atoms with Crippen LogP contribution in [0.15, 0.2) is 85.2 Å². The monoisotopic (exact) mass is 688 g/mol. The predicted octanol–water partition coefficient (Wildman–Crippen LogP) is 12.4. The summed E-state index contributed by atoms with van der Waals surface area (Å²) in [7, 11) is 0. The van der Waals surface area contributed by atoms with Crippen molar-refractivity contribution in [2.45, 2.75) is 109 Å². The molecule has 4 heteroatoms. The third-order valence-electron chi connectivity index (χ3n) is 10.0. The molecule has 2 aliphatic rings. The number of pyridine rings is 2. The van der Waals surface area contributed by atoms with Gasteiger partial charge in [-0.2, -0.15) is 0 Å². The first kappa shape index (κ1) is 36.7. The maximum absolute atomic E-state index is 5.81. The molecule has 4 aromatic rings. The summed E-state index contributed by atoms with van der Waals surface area (Å²) in [6, 6.07) is 26.1. The van der Waals surface area contributed by atoms with E-state index in [1.54, 1.807) is 24.5 Å². The maximum atomic E-state index is 5.81. The summed E-state index contributed by atoms with van der Waals surface area (Å²) >= 11 is 11.6. The van der Waals surface area contributed by atoms with Gasteiger partial charge < -0.3 is 0 Å².